The summed E-state index contributed by atoms with van der Waals surface area (Å²) in [7, 11) is -2.74. The highest BCUT2D eigenvalue weighted by atomic mass is 31.2. The largest absolute Gasteiger partial charge is 0.416 e. The Balaban J connectivity index is 1.88. The number of alkyl halides is 3. The van der Waals surface area contributed by atoms with E-state index in [2.05, 4.69) is 0 Å². The molecule has 0 atom stereocenters. The van der Waals surface area contributed by atoms with Gasteiger partial charge in [-0.1, -0.05) is 0 Å². The number of halogens is 4. The number of fused-ring (bicyclic) bond motifs is 1. The Morgan fingerprint density at radius 1 is 0.944 bits per heavy atom. The van der Waals surface area contributed by atoms with Crippen molar-refractivity contribution in [1.29, 1.82) is 0 Å². The van der Waals surface area contributed by atoms with Crippen molar-refractivity contribution in [2.75, 3.05) is 16.5 Å². The van der Waals surface area contributed by atoms with Crippen molar-refractivity contribution in [2.24, 2.45) is 0 Å². The van der Waals surface area contributed by atoms with E-state index >= 15 is 0 Å². The van der Waals surface area contributed by atoms with E-state index in [1.807, 2.05) is 0 Å². The fraction of sp³-hybridized carbons (Fsp3) is 0.217. The molecule has 36 heavy (non-hydrogen) atoms. The smallest absolute Gasteiger partial charge is 0.328 e. The van der Waals surface area contributed by atoms with Crippen LogP contribution in [0.3, 0.4) is 0 Å². The SMILES string of the molecule is Cc1cc(F)ccc1N1CN(c2ccc(=O)n(COP(O)O)c2C)C(=O)c2ccc(C(F)(F)F)cc21. The number of anilines is 3. The quantitative estimate of drug-likeness (QED) is 0.375. The van der Waals surface area contributed by atoms with E-state index in [9.17, 15) is 27.2 Å². The molecule has 3 aromatic rings. The number of pyridine rings is 1. The minimum absolute atomic E-state index is 0.00120. The molecule has 8 nitrogen and oxygen atoms in total. The fourth-order valence-electron chi connectivity index (χ4n) is 4.07. The van der Waals surface area contributed by atoms with Gasteiger partial charge in [0.15, 0.2) is 0 Å². The van der Waals surface area contributed by atoms with Crippen molar-refractivity contribution in [3.63, 3.8) is 0 Å². The summed E-state index contributed by atoms with van der Waals surface area (Å²) in [5.74, 6) is -1.14. The predicted molar refractivity (Wildman–Crippen MR) is 124 cm³/mol. The van der Waals surface area contributed by atoms with Gasteiger partial charge in [-0.3, -0.25) is 23.6 Å². The van der Waals surface area contributed by atoms with Gasteiger partial charge in [-0.15, -0.1) is 0 Å². The molecule has 4 rings (SSSR count). The first-order chi connectivity index (χ1) is 16.9. The summed E-state index contributed by atoms with van der Waals surface area (Å²) in [4.78, 5) is 46.6. The Bertz CT molecular complexity index is 1390. The standard InChI is InChI=1S/C23H20F4N3O5P/c1-13-9-16(24)4-6-18(13)28-11-29(19-7-8-21(31)30(14(19)2)12-35-36(33)34)22(32)17-5-3-15(10-20(17)28)23(25,26)27/h3-10,33-34H,11-12H2,1-2H3. The second-order valence-corrected chi connectivity index (χ2v) is 8.81. The maximum atomic E-state index is 13.8. The summed E-state index contributed by atoms with van der Waals surface area (Å²) >= 11 is 0. The van der Waals surface area contributed by atoms with Crippen LogP contribution in [0.25, 0.3) is 0 Å². The van der Waals surface area contributed by atoms with Crippen molar-refractivity contribution in [3.8, 4) is 0 Å². The Labute approximate surface area is 203 Å². The number of rotatable bonds is 5. The third kappa shape index (κ3) is 4.85. The normalized spacial score (nSPS) is 14.0. The summed E-state index contributed by atoms with van der Waals surface area (Å²) in [6, 6.07) is 9.12. The van der Waals surface area contributed by atoms with Gasteiger partial charge in [-0.05, 0) is 61.9 Å². The van der Waals surface area contributed by atoms with Crippen molar-refractivity contribution in [2.45, 2.75) is 26.8 Å². The Kier molecular flexibility index (Phi) is 6.89. The first kappa shape index (κ1) is 25.8. The highest BCUT2D eigenvalue weighted by Gasteiger charge is 2.37. The Morgan fingerprint density at radius 2 is 1.64 bits per heavy atom. The molecule has 0 saturated heterocycles. The molecule has 2 N–H and O–H groups in total. The average molecular weight is 525 g/mol. The van der Waals surface area contributed by atoms with Crippen molar-refractivity contribution in [3.05, 3.63) is 87.1 Å². The zero-order valence-electron chi connectivity index (χ0n) is 19.0. The number of benzene rings is 2. The molecule has 2 heterocycles. The first-order valence-electron chi connectivity index (χ1n) is 10.5. The summed E-state index contributed by atoms with van der Waals surface area (Å²) in [5, 5.41) is 0. The number of nitrogens with zero attached hydrogens (tertiary/aromatic N) is 3. The number of carbonyl (C=O) groups is 1. The minimum Gasteiger partial charge on any atom is -0.328 e. The van der Waals surface area contributed by atoms with E-state index in [0.29, 0.717) is 11.3 Å². The van der Waals surface area contributed by atoms with E-state index in [4.69, 9.17) is 14.3 Å². The molecule has 2 aromatic carbocycles. The molecular formula is C23H20F4N3O5P. The maximum Gasteiger partial charge on any atom is 0.416 e. The molecule has 0 saturated carbocycles. The predicted octanol–water partition coefficient (Wildman–Crippen LogP) is 4.56. The molecule has 0 radical (unpaired) electrons. The van der Waals surface area contributed by atoms with Crippen molar-refractivity contribution >= 4 is 31.6 Å². The number of aromatic nitrogens is 1. The molecule has 1 aromatic heterocycles. The Morgan fingerprint density at radius 3 is 2.28 bits per heavy atom. The number of amides is 1. The van der Waals surface area contributed by atoms with E-state index < -0.39 is 44.4 Å². The molecule has 0 aliphatic carbocycles. The van der Waals surface area contributed by atoms with Crippen LogP contribution in [0.2, 0.25) is 0 Å². The molecule has 1 aliphatic heterocycles. The van der Waals surface area contributed by atoms with E-state index in [-0.39, 0.29) is 29.3 Å². The molecule has 13 heteroatoms. The molecule has 0 spiro atoms. The number of hydrogen-bond acceptors (Lipinski definition) is 6. The Hall–Kier alpha value is -3.31. The van der Waals surface area contributed by atoms with Gasteiger partial charge < -0.3 is 14.7 Å². The number of hydrogen-bond donors (Lipinski definition) is 2. The zero-order valence-corrected chi connectivity index (χ0v) is 19.8. The van der Waals surface area contributed by atoms with Crippen LogP contribution in [-0.2, 0) is 17.4 Å². The second-order valence-electron chi connectivity index (χ2n) is 8.04. The number of carbonyl (C=O) groups excluding carboxylic acids is 1. The molecule has 1 aliphatic rings. The highest BCUT2D eigenvalue weighted by molar-refractivity contribution is 7.39. The number of aryl methyl sites for hydroxylation is 1. The molecule has 0 unspecified atom stereocenters. The van der Waals surface area contributed by atoms with Crippen LogP contribution in [0.15, 0.2) is 53.3 Å². The molecule has 0 fully saturated rings. The van der Waals surface area contributed by atoms with Gasteiger partial charge in [-0.25, -0.2) is 4.39 Å². The van der Waals surface area contributed by atoms with E-state index in [1.165, 1.54) is 41.0 Å². The highest BCUT2D eigenvalue weighted by Crippen LogP contribution is 2.41. The summed E-state index contributed by atoms with van der Waals surface area (Å²) in [6.07, 6.45) is -4.65. The van der Waals surface area contributed by atoms with Gasteiger partial charge in [0.25, 0.3) is 11.5 Å². The van der Waals surface area contributed by atoms with Crippen LogP contribution < -0.4 is 15.4 Å². The molecule has 1 amide bonds. The molecule has 190 valence electrons. The lowest BCUT2D eigenvalue weighted by Crippen LogP contribution is -2.46. The first-order valence-corrected chi connectivity index (χ1v) is 11.6. The maximum absolute atomic E-state index is 13.8. The van der Waals surface area contributed by atoms with Gasteiger partial charge in [0.1, 0.15) is 19.2 Å². The topological polar surface area (TPSA) is 95.2 Å². The van der Waals surface area contributed by atoms with Crippen LogP contribution in [0.5, 0.6) is 0 Å². The van der Waals surface area contributed by atoms with Crippen molar-refractivity contribution in [1.82, 2.24) is 4.57 Å². The average Bonchev–Trinajstić information content (AvgIpc) is 2.79. The van der Waals surface area contributed by atoms with Gasteiger partial charge in [0, 0.05) is 17.4 Å². The summed E-state index contributed by atoms with van der Waals surface area (Å²) in [5.41, 5.74) is -0.186. The third-order valence-electron chi connectivity index (χ3n) is 5.84. The minimum atomic E-state index is -4.65. The summed E-state index contributed by atoms with van der Waals surface area (Å²) in [6.45, 7) is 2.37. The van der Waals surface area contributed by atoms with Crippen LogP contribution in [0.4, 0.5) is 34.6 Å². The van der Waals surface area contributed by atoms with Crippen molar-refractivity contribution < 1.29 is 36.7 Å². The van der Waals surface area contributed by atoms with Gasteiger partial charge in [0.2, 0.25) is 0 Å². The van der Waals surface area contributed by atoms with Crippen LogP contribution in [-0.4, -0.2) is 26.9 Å². The monoisotopic (exact) mass is 525 g/mol. The zero-order chi connectivity index (χ0) is 26.4. The van der Waals surface area contributed by atoms with Crippen LogP contribution in [0, 0.1) is 19.7 Å². The summed E-state index contributed by atoms with van der Waals surface area (Å²) < 4.78 is 60.1. The van der Waals surface area contributed by atoms with Crippen LogP contribution >= 0.6 is 8.60 Å². The van der Waals surface area contributed by atoms with Gasteiger partial charge >= 0.3 is 14.8 Å². The van der Waals surface area contributed by atoms with E-state index in [1.54, 1.807) is 6.92 Å². The lowest BCUT2D eigenvalue weighted by atomic mass is 10.0. The van der Waals surface area contributed by atoms with Gasteiger partial charge in [0.05, 0.1) is 22.5 Å². The van der Waals surface area contributed by atoms with E-state index in [0.717, 1.165) is 28.8 Å². The fourth-order valence-corrected chi connectivity index (χ4v) is 4.29. The molecule has 0 bridgehead atoms. The second kappa shape index (κ2) is 9.62. The molecular weight excluding hydrogens is 505 g/mol. The van der Waals surface area contributed by atoms with Crippen LogP contribution in [0.1, 0.15) is 27.2 Å². The third-order valence-corrected chi connectivity index (χ3v) is 6.19. The lowest BCUT2D eigenvalue weighted by molar-refractivity contribution is -0.137. The van der Waals surface area contributed by atoms with Gasteiger partial charge in [-0.2, -0.15) is 13.2 Å². The lowest BCUT2D eigenvalue weighted by Gasteiger charge is -2.39.